The molecule has 4 rings (SSSR count). The molecule has 0 nitrogen and oxygen atoms in total. The fraction of sp³-hybridized carbons (Fsp3) is 0.448. The Balaban J connectivity index is 1.40. The van der Waals surface area contributed by atoms with Crippen LogP contribution in [-0.4, -0.2) is 0 Å². The van der Waals surface area contributed by atoms with Crippen LogP contribution in [0.1, 0.15) is 82.6 Å². The molecule has 0 aromatic heterocycles. The molecule has 1 fully saturated rings. The first-order valence-electron chi connectivity index (χ1n) is 12.0. The minimum atomic E-state index is -0.1000. The molecule has 0 saturated heterocycles. The van der Waals surface area contributed by atoms with Crippen LogP contribution in [0.2, 0.25) is 0 Å². The van der Waals surface area contributed by atoms with E-state index < -0.39 is 0 Å². The lowest BCUT2D eigenvalue weighted by Crippen LogP contribution is -2.13. The lowest BCUT2D eigenvalue weighted by Gasteiger charge is -2.29. The molecule has 1 heteroatoms. The topological polar surface area (TPSA) is 0 Å². The second-order valence-electron chi connectivity index (χ2n) is 9.19. The predicted molar refractivity (Wildman–Crippen MR) is 127 cm³/mol. The molecule has 0 radical (unpaired) electrons. The fourth-order valence-electron chi connectivity index (χ4n) is 5.23. The number of hydrogen-bond acceptors (Lipinski definition) is 0. The molecular formula is C29H35F. The van der Waals surface area contributed by atoms with Gasteiger partial charge in [-0.2, -0.15) is 0 Å². The van der Waals surface area contributed by atoms with E-state index in [9.17, 15) is 0 Å². The van der Waals surface area contributed by atoms with Gasteiger partial charge in [-0.15, -0.1) is 0 Å². The third-order valence-electron chi connectivity index (χ3n) is 7.10. The van der Waals surface area contributed by atoms with E-state index in [4.69, 9.17) is 0 Å². The Morgan fingerprint density at radius 3 is 2.33 bits per heavy atom. The van der Waals surface area contributed by atoms with E-state index >= 15 is 4.39 Å². The Kier molecular flexibility index (Phi) is 7.20. The molecule has 0 aliphatic heterocycles. The van der Waals surface area contributed by atoms with Crippen LogP contribution >= 0.6 is 0 Å². The maximum Gasteiger partial charge on any atom is 0.138 e. The second kappa shape index (κ2) is 10.2. The van der Waals surface area contributed by atoms with E-state index in [0.717, 1.165) is 22.3 Å². The van der Waals surface area contributed by atoms with Gasteiger partial charge < -0.3 is 0 Å². The zero-order chi connectivity index (χ0) is 20.8. The third kappa shape index (κ3) is 4.94. The summed E-state index contributed by atoms with van der Waals surface area (Å²) in [4.78, 5) is 0. The maximum atomic E-state index is 15.2. The summed E-state index contributed by atoms with van der Waals surface area (Å²) in [7, 11) is 0. The molecular weight excluding hydrogens is 367 g/mol. The monoisotopic (exact) mass is 402 g/mol. The van der Waals surface area contributed by atoms with Crippen LogP contribution in [0, 0.1) is 11.7 Å². The molecule has 3 aromatic rings. The fourth-order valence-corrected chi connectivity index (χ4v) is 5.23. The summed E-state index contributed by atoms with van der Waals surface area (Å²) in [5, 5.41) is 1.77. The molecule has 158 valence electrons. The zero-order valence-electron chi connectivity index (χ0n) is 18.4. The van der Waals surface area contributed by atoms with Crippen LogP contribution in [0.4, 0.5) is 4.39 Å². The second-order valence-corrected chi connectivity index (χ2v) is 9.19. The molecule has 0 atom stereocenters. The number of fused-ring (bicyclic) bond motifs is 1. The van der Waals surface area contributed by atoms with Crippen molar-refractivity contribution in [2.75, 3.05) is 0 Å². The van der Waals surface area contributed by atoms with Gasteiger partial charge in [0.05, 0.1) is 0 Å². The minimum Gasteiger partial charge on any atom is -0.206 e. The SMILES string of the molecule is CCCCCCCC1CCC(c2ccc3c(F)c(-c4ccccc4)ccc3c2)CC1. The Labute approximate surface area is 181 Å². The summed E-state index contributed by atoms with van der Waals surface area (Å²) < 4.78 is 15.2. The molecule has 1 aliphatic carbocycles. The van der Waals surface area contributed by atoms with Crippen molar-refractivity contribution in [1.29, 1.82) is 0 Å². The highest BCUT2D eigenvalue weighted by Gasteiger charge is 2.22. The van der Waals surface area contributed by atoms with E-state index in [0.29, 0.717) is 11.5 Å². The molecule has 0 spiro atoms. The Morgan fingerprint density at radius 1 is 0.800 bits per heavy atom. The maximum absolute atomic E-state index is 15.2. The van der Waals surface area contributed by atoms with Crippen molar-refractivity contribution < 1.29 is 4.39 Å². The molecule has 1 saturated carbocycles. The number of benzene rings is 3. The molecule has 0 bridgehead atoms. The van der Waals surface area contributed by atoms with Crippen molar-refractivity contribution in [2.45, 2.75) is 77.0 Å². The van der Waals surface area contributed by atoms with Gasteiger partial charge in [0.1, 0.15) is 5.82 Å². The van der Waals surface area contributed by atoms with Gasteiger partial charge >= 0.3 is 0 Å². The summed E-state index contributed by atoms with van der Waals surface area (Å²) in [6.45, 7) is 2.28. The average molecular weight is 403 g/mol. The largest absolute Gasteiger partial charge is 0.206 e. The van der Waals surface area contributed by atoms with Crippen molar-refractivity contribution in [3.8, 4) is 11.1 Å². The highest BCUT2D eigenvalue weighted by atomic mass is 19.1. The zero-order valence-corrected chi connectivity index (χ0v) is 18.4. The number of rotatable bonds is 8. The smallest absolute Gasteiger partial charge is 0.138 e. The van der Waals surface area contributed by atoms with Crippen molar-refractivity contribution in [2.24, 2.45) is 5.92 Å². The van der Waals surface area contributed by atoms with E-state index in [1.54, 1.807) is 0 Å². The highest BCUT2D eigenvalue weighted by Crippen LogP contribution is 2.39. The summed E-state index contributed by atoms with van der Waals surface area (Å²) >= 11 is 0. The molecule has 30 heavy (non-hydrogen) atoms. The van der Waals surface area contributed by atoms with Gasteiger partial charge in [-0.05, 0) is 54.0 Å². The number of unbranched alkanes of at least 4 members (excludes halogenated alkanes) is 4. The molecule has 0 amide bonds. The van der Waals surface area contributed by atoms with Crippen molar-refractivity contribution >= 4 is 10.8 Å². The lowest BCUT2D eigenvalue weighted by molar-refractivity contribution is 0.302. The van der Waals surface area contributed by atoms with Crippen LogP contribution in [0.5, 0.6) is 0 Å². The quantitative estimate of drug-likeness (QED) is 0.329. The van der Waals surface area contributed by atoms with E-state index in [1.165, 1.54) is 69.8 Å². The van der Waals surface area contributed by atoms with Gasteiger partial charge in [0.2, 0.25) is 0 Å². The van der Waals surface area contributed by atoms with Crippen LogP contribution in [0.15, 0.2) is 60.7 Å². The summed E-state index contributed by atoms with van der Waals surface area (Å²) in [6.07, 6.45) is 13.7. The van der Waals surface area contributed by atoms with Gasteiger partial charge in [0, 0.05) is 10.9 Å². The van der Waals surface area contributed by atoms with Crippen molar-refractivity contribution in [1.82, 2.24) is 0 Å². The van der Waals surface area contributed by atoms with Crippen molar-refractivity contribution in [3.05, 3.63) is 72.0 Å². The number of halogens is 1. The first-order valence-corrected chi connectivity index (χ1v) is 12.0. The Bertz CT molecular complexity index is 935. The summed E-state index contributed by atoms with van der Waals surface area (Å²) in [5.41, 5.74) is 3.03. The van der Waals surface area contributed by atoms with Gasteiger partial charge in [-0.1, -0.05) is 106 Å². The highest BCUT2D eigenvalue weighted by molar-refractivity contribution is 5.88. The number of hydrogen-bond donors (Lipinski definition) is 0. The Morgan fingerprint density at radius 2 is 1.57 bits per heavy atom. The van der Waals surface area contributed by atoms with Gasteiger partial charge in [-0.25, -0.2) is 4.39 Å². The van der Waals surface area contributed by atoms with Gasteiger partial charge in [0.25, 0.3) is 0 Å². The summed E-state index contributed by atoms with van der Waals surface area (Å²) in [6, 6.07) is 20.3. The van der Waals surface area contributed by atoms with Crippen molar-refractivity contribution in [3.63, 3.8) is 0 Å². The Hall–Kier alpha value is -2.15. The van der Waals surface area contributed by atoms with Crippen LogP contribution in [-0.2, 0) is 0 Å². The molecule has 0 heterocycles. The first kappa shape index (κ1) is 21.1. The first-order chi connectivity index (χ1) is 14.8. The van der Waals surface area contributed by atoms with E-state index in [-0.39, 0.29) is 5.82 Å². The predicted octanol–water partition coefficient (Wildman–Crippen LogP) is 9.28. The normalized spacial score (nSPS) is 19.3. The average Bonchev–Trinajstić information content (AvgIpc) is 2.80. The molecule has 3 aromatic carbocycles. The van der Waals surface area contributed by atoms with Crippen LogP contribution in [0.3, 0.4) is 0 Å². The van der Waals surface area contributed by atoms with Gasteiger partial charge in [0.15, 0.2) is 0 Å². The lowest BCUT2D eigenvalue weighted by atomic mass is 9.76. The minimum absolute atomic E-state index is 0.1000. The van der Waals surface area contributed by atoms with Crippen LogP contribution in [0.25, 0.3) is 21.9 Å². The molecule has 0 unspecified atom stereocenters. The molecule has 1 aliphatic rings. The molecule has 0 N–H and O–H groups in total. The van der Waals surface area contributed by atoms with Crippen LogP contribution < -0.4 is 0 Å². The summed E-state index contributed by atoms with van der Waals surface area (Å²) in [5.74, 6) is 1.47. The van der Waals surface area contributed by atoms with E-state index in [1.807, 2.05) is 42.5 Å². The van der Waals surface area contributed by atoms with E-state index in [2.05, 4.69) is 25.1 Å². The van der Waals surface area contributed by atoms with Gasteiger partial charge in [-0.3, -0.25) is 0 Å². The standard InChI is InChI=1S/C29H35F/c1-2-3-4-5-7-10-22-13-15-23(16-14-22)25-17-19-28-26(21-25)18-20-27(29(28)30)24-11-8-6-9-12-24/h6,8-9,11-12,17-23H,2-5,7,10,13-16H2,1H3. The third-order valence-corrected chi connectivity index (χ3v) is 7.10.